The number of para-hydroxylation sites is 2. The van der Waals surface area contributed by atoms with Gasteiger partial charge in [-0.15, -0.1) is 0 Å². The third-order valence-electron chi connectivity index (χ3n) is 8.07. The fraction of sp³-hybridized carbons (Fsp3) is 0.297. The van der Waals surface area contributed by atoms with E-state index in [1.807, 2.05) is 38.1 Å². The van der Waals surface area contributed by atoms with E-state index in [0.717, 1.165) is 11.1 Å². The van der Waals surface area contributed by atoms with E-state index in [2.05, 4.69) is 13.2 Å². The van der Waals surface area contributed by atoms with Crippen molar-refractivity contribution in [2.75, 3.05) is 24.0 Å². The number of anilines is 2. The quantitative estimate of drug-likeness (QED) is 0.232. The Morgan fingerprint density at radius 1 is 0.660 bits per heavy atom. The first-order chi connectivity index (χ1) is 21.9. The summed E-state index contributed by atoms with van der Waals surface area (Å²) < 4.78 is 9.41. The van der Waals surface area contributed by atoms with Crippen LogP contribution in [0.2, 0.25) is 0 Å². The van der Waals surface area contributed by atoms with Crippen LogP contribution in [0, 0.1) is 0 Å². The highest BCUT2D eigenvalue weighted by molar-refractivity contribution is 6.08. The molecule has 0 saturated heterocycles. The van der Waals surface area contributed by atoms with Gasteiger partial charge < -0.3 is 29.5 Å². The van der Waals surface area contributed by atoms with E-state index in [0.29, 0.717) is 22.5 Å². The predicted octanol–water partition coefficient (Wildman–Crippen LogP) is 5.06. The molecule has 0 spiro atoms. The number of benzene rings is 3. The SMILES string of the molecule is C.C=C(CC1(O)C(=O)N(Cc2ccc(CN3C(=O)C(O)(CC(=C)C(=O)OC)c4ccccc43)cc2)c2ccccc21)C(=O)OC.CC. The van der Waals surface area contributed by atoms with Crippen molar-refractivity contribution in [3.8, 4) is 0 Å². The number of esters is 2. The summed E-state index contributed by atoms with van der Waals surface area (Å²) in [5, 5.41) is 23.0. The van der Waals surface area contributed by atoms with Crippen LogP contribution in [0.4, 0.5) is 11.4 Å². The van der Waals surface area contributed by atoms with Gasteiger partial charge in [0.15, 0.2) is 11.2 Å². The maximum atomic E-state index is 13.6. The Hall–Kier alpha value is -5.06. The largest absolute Gasteiger partial charge is 0.466 e. The summed E-state index contributed by atoms with van der Waals surface area (Å²) >= 11 is 0. The number of ether oxygens (including phenoxy) is 2. The Morgan fingerprint density at radius 2 is 0.979 bits per heavy atom. The minimum Gasteiger partial charge on any atom is -0.466 e. The zero-order chi connectivity index (χ0) is 33.8. The van der Waals surface area contributed by atoms with Gasteiger partial charge in [-0.3, -0.25) is 9.59 Å². The third-order valence-corrected chi connectivity index (χ3v) is 8.07. The number of carbonyl (C=O) groups is 4. The lowest BCUT2D eigenvalue weighted by Gasteiger charge is -2.24. The van der Waals surface area contributed by atoms with Crippen LogP contribution in [0.1, 0.15) is 56.4 Å². The molecule has 5 rings (SSSR count). The fourth-order valence-corrected chi connectivity index (χ4v) is 5.83. The van der Waals surface area contributed by atoms with Gasteiger partial charge in [-0.05, 0) is 23.3 Å². The fourth-order valence-electron chi connectivity index (χ4n) is 5.83. The van der Waals surface area contributed by atoms with Crippen LogP contribution in [-0.4, -0.2) is 48.2 Å². The third kappa shape index (κ3) is 6.61. The first-order valence-electron chi connectivity index (χ1n) is 14.8. The highest BCUT2D eigenvalue weighted by atomic mass is 16.5. The van der Waals surface area contributed by atoms with Gasteiger partial charge in [0.2, 0.25) is 0 Å². The molecule has 2 atom stereocenters. The Bertz CT molecular complexity index is 1570. The predicted molar refractivity (Wildman–Crippen MR) is 179 cm³/mol. The van der Waals surface area contributed by atoms with Gasteiger partial charge in [-0.25, -0.2) is 9.59 Å². The second-order valence-electron chi connectivity index (χ2n) is 10.9. The number of rotatable bonds is 10. The number of fused-ring (bicyclic) bond motifs is 2. The Kier molecular flexibility index (Phi) is 11.3. The van der Waals surface area contributed by atoms with E-state index in [9.17, 15) is 29.4 Å². The van der Waals surface area contributed by atoms with Crippen LogP contribution >= 0.6 is 0 Å². The highest BCUT2D eigenvalue weighted by Gasteiger charge is 2.51. The van der Waals surface area contributed by atoms with Crippen molar-refractivity contribution in [1.29, 1.82) is 0 Å². The number of methoxy groups -OCH3 is 2. The summed E-state index contributed by atoms with van der Waals surface area (Å²) in [6.45, 7) is 11.7. The highest BCUT2D eigenvalue weighted by Crippen LogP contribution is 2.45. The molecular formula is C37H42N2O8. The lowest BCUT2D eigenvalue weighted by Crippen LogP contribution is -2.41. The van der Waals surface area contributed by atoms with E-state index >= 15 is 0 Å². The number of hydrogen-bond acceptors (Lipinski definition) is 8. The molecule has 0 bridgehead atoms. The van der Waals surface area contributed by atoms with Gasteiger partial charge in [0.1, 0.15) is 0 Å². The van der Waals surface area contributed by atoms with E-state index in [-0.39, 0.29) is 44.5 Å². The number of hydrogen-bond donors (Lipinski definition) is 2. The number of carbonyl (C=O) groups excluding carboxylic acids is 4. The lowest BCUT2D eigenvalue weighted by atomic mass is 9.88. The van der Waals surface area contributed by atoms with Crippen LogP contribution in [-0.2, 0) is 52.9 Å². The molecule has 10 heteroatoms. The van der Waals surface area contributed by atoms with E-state index in [1.54, 1.807) is 48.5 Å². The van der Waals surface area contributed by atoms with Crippen molar-refractivity contribution in [3.63, 3.8) is 0 Å². The molecule has 0 saturated carbocycles. The van der Waals surface area contributed by atoms with Gasteiger partial charge in [0.25, 0.3) is 11.8 Å². The van der Waals surface area contributed by atoms with E-state index in [4.69, 9.17) is 9.47 Å². The number of nitrogens with zero attached hydrogens (tertiary/aromatic N) is 2. The Morgan fingerprint density at radius 3 is 1.30 bits per heavy atom. The van der Waals surface area contributed by atoms with Gasteiger partial charge in [0, 0.05) is 35.1 Å². The molecular weight excluding hydrogens is 600 g/mol. The summed E-state index contributed by atoms with van der Waals surface area (Å²) in [4.78, 5) is 54.0. The summed E-state index contributed by atoms with van der Waals surface area (Å²) in [6, 6.07) is 20.9. The standard InChI is InChI=1S/C34H32N2O8.C2H6.CH4/c1-21(29(37)43-3)17-33(41)25-9-5-7-11-27(25)35(31(33)39)19-23-13-15-24(16-14-23)20-36-28-12-8-6-10-26(28)34(42,32(36)40)18-22(2)30(38)44-4;1-2;/h5-16,41-42H,1-2,17-20H2,3-4H3;1-2H3;1H4. The Labute approximate surface area is 275 Å². The zero-order valence-electron chi connectivity index (χ0n) is 26.4. The molecule has 2 heterocycles. The molecule has 2 aliphatic heterocycles. The van der Waals surface area contributed by atoms with Crippen molar-refractivity contribution in [3.05, 3.63) is 119 Å². The molecule has 0 fully saturated rings. The maximum absolute atomic E-state index is 13.6. The average Bonchev–Trinajstić information content (AvgIpc) is 3.41. The molecule has 3 aromatic rings. The van der Waals surface area contributed by atoms with Gasteiger partial charge in [-0.1, -0.05) is 95.1 Å². The van der Waals surface area contributed by atoms with Crippen molar-refractivity contribution in [1.82, 2.24) is 0 Å². The molecule has 10 nitrogen and oxygen atoms in total. The molecule has 3 aromatic carbocycles. The van der Waals surface area contributed by atoms with Crippen molar-refractivity contribution in [2.45, 2.75) is 58.4 Å². The maximum Gasteiger partial charge on any atom is 0.333 e. The van der Waals surface area contributed by atoms with Crippen LogP contribution in [0.15, 0.2) is 97.1 Å². The molecule has 0 aliphatic carbocycles. The van der Waals surface area contributed by atoms with Gasteiger partial charge in [-0.2, -0.15) is 0 Å². The lowest BCUT2D eigenvalue weighted by molar-refractivity contribution is -0.141. The second-order valence-corrected chi connectivity index (χ2v) is 10.9. The summed E-state index contributed by atoms with van der Waals surface area (Å²) in [5.41, 5.74) is -0.683. The minimum atomic E-state index is -1.97. The molecule has 0 radical (unpaired) electrons. The molecule has 0 aromatic heterocycles. The zero-order valence-corrected chi connectivity index (χ0v) is 26.4. The number of amides is 2. The first kappa shape index (κ1) is 36.4. The molecule has 248 valence electrons. The minimum absolute atomic E-state index is 0. The Balaban J connectivity index is 0.00000196. The van der Waals surface area contributed by atoms with Crippen LogP contribution in [0.25, 0.3) is 0 Å². The van der Waals surface area contributed by atoms with Crippen molar-refractivity contribution in [2.24, 2.45) is 0 Å². The molecule has 47 heavy (non-hydrogen) atoms. The topological polar surface area (TPSA) is 134 Å². The van der Waals surface area contributed by atoms with Gasteiger partial charge in [0.05, 0.1) is 38.7 Å². The average molecular weight is 643 g/mol. The number of aliphatic hydroxyl groups is 2. The normalized spacial score (nSPS) is 19.1. The van der Waals surface area contributed by atoms with Crippen LogP contribution in [0.3, 0.4) is 0 Å². The second kappa shape index (κ2) is 14.6. The summed E-state index contributed by atoms with van der Waals surface area (Å²) in [7, 11) is 2.41. The van der Waals surface area contributed by atoms with E-state index < -0.39 is 35.0 Å². The smallest absolute Gasteiger partial charge is 0.333 e. The first-order valence-corrected chi connectivity index (χ1v) is 14.8. The summed E-state index contributed by atoms with van der Waals surface area (Å²) in [5.74, 6) is -2.58. The molecule has 2 unspecified atom stereocenters. The van der Waals surface area contributed by atoms with Crippen LogP contribution in [0.5, 0.6) is 0 Å². The van der Waals surface area contributed by atoms with Crippen LogP contribution < -0.4 is 9.80 Å². The summed E-state index contributed by atoms with van der Waals surface area (Å²) in [6.07, 6.45) is -0.620. The van der Waals surface area contributed by atoms with Gasteiger partial charge >= 0.3 is 11.9 Å². The molecule has 2 N–H and O–H groups in total. The monoisotopic (exact) mass is 642 g/mol. The van der Waals surface area contributed by atoms with Crippen molar-refractivity contribution < 1.29 is 38.9 Å². The van der Waals surface area contributed by atoms with E-state index in [1.165, 1.54) is 24.0 Å². The van der Waals surface area contributed by atoms with Crippen molar-refractivity contribution >= 4 is 35.1 Å². The molecule has 2 amide bonds. The molecule has 2 aliphatic rings.